The molecule has 0 heterocycles. The van der Waals surface area contributed by atoms with Gasteiger partial charge in [0.1, 0.15) is 6.61 Å². The highest BCUT2D eigenvalue weighted by Crippen LogP contribution is 2.25. The molecule has 2 aliphatic carbocycles. The maximum Gasteiger partial charge on any atom is 0.331 e. The van der Waals surface area contributed by atoms with E-state index in [0.29, 0.717) is 0 Å². The SMILES string of the molecule is COC(=O)C(COC(=O)C1CCCCC1)NC(=O)C1CCCCC1. The Hall–Kier alpha value is -1.59. The standard InChI is InChI=1S/C18H29NO5/c1-23-18(22)15(19-16(20)13-8-4-2-5-9-13)12-24-17(21)14-10-6-3-7-11-14/h13-15H,2-12H2,1H3,(H,19,20). The van der Waals surface area contributed by atoms with Crippen molar-refractivity contribution in [3.63, 3.8) is 0 Å². The first-order valence-corrected chi connectivity index (χ1v) is 9.16. The molecule has 24 heavy (non-hydrogen) atoms. The molecule has 0 saturated heterocycles. The summed E-state index contributed by atoms with van der Waals surface area (Å²) in [5.74, 6) is -1.11. The molecule has 2 rings (SSSR count). The second-order valence-corrected chi connectivity index (χ2v) is 6.88. The molecule has 0 aromatic heterocycles. The van der Waals surface area contributed by atoms with Gasteiger partial charge in [0.05, 0.1) is 13.0 Å². The van der Waals surface area contributed by atoms with Crippen LogP contribution in [0.2, 0.25) is 0 Å². The van der Waals surface area contributed by atoms with Crippen LogP contribution >= 0.6 is 0 Å². The van der Waals surface area contributed by atoms with Crippen molar-refractivity contribution in [2.45, 2.75) is 70.3 Å². The van der Waals surface area contributed by atoms with Crippen LogP contribution < -0.4 is 5.32 Å². The average Bonchev–Trinajstić information content (AvgIpc) is 2.65. The second-order valence-electron chi connectivity index (χ2n) is 6.88. The Morgan fingerprint density at radius 3 is 2.00 bits per heavy atom. The molecule has 2 saturated carbocycles. The number of ether oxygens (including phenoxy) is 2. The Labute approximate surface area is 143 Å². The lowest BCUT2D eigenvalue weighted by Crippen LogP contribution is -2.47. The maximum absolute atomic E-state index is 12.3. The van der Waals surface area contributed by atoms with Gasteiger partial charge in [-0.1, -0.05) is 38.5 Å². The molecule has 1 atom stereocenters. The smallest absolute Gasteiger partial charge is 0.331 e. The molecule has 136 valence electrons. The van der Waals surface area contributed by atoms with Crippen LogP contribution in [0.25, 0.3) is 0 Å². The molecule has 0 radical (unpaired) electrons. The summed E-state index contributed by atoms with van der Waals surface area (Å²) in [6.07, 6.45) is 9.86. The fourth-order valence-electron chi connectivity index (χ4n) is 3.59. The molecule has 1 N–H and O–H groups in total. The third-order valence-corrected chi connectivity index (χ3v) is 5.11. The molecule has 0 spiro atoms. The van der Waals surface area contributed by atoms with Gasteiger partial charge >= 0.3 is 11.9 Å². The van der Waals surface area contributed by atoms with Gasteiger partial charge in [0.25, 0.3) is 0 Å². The van der Waals surface area contributed by atoms with Crippen LogP contribution in [0.4, 0.5) is 0 Å². The number of amides is 1. The maximum atomic E-state index is 12.3. The Balaban J connectivity index is 1.84. The van der Waals surface area contributed by atoms with E-state index in [-0.39, 0.29) is 30.3 Å². The normalized spacial score (nSPS) is 20.9. The first kappa shape index (κ1) is 18.7. The number of carbonyl (C=O) groups is 3. The van der Waals surface area contributed by atoms with Crippen molar-refractivity contribution in [3.8, 4) is 0 Å². The topological polar surface area (TPSA) is 81.7 Å². The van der Waals surface area contributed by atoms with E-state index in [1.54, 1.807) is 0 Å². The van der Waals surface area contributed by atoms with Gasteiger partial charge in [-0.05, 0) is 25.7 Å². The third kappa shape index (κ3) is 5.49. The van der Waals surface area contributed by atoms with Crippen molar-refractivity contribution < 1.29 is 23.9 Å². The van der Waals surface area contributed by atoms with Gasteiger partial charge in [-0.2, -0.15) is 0 Å². The molecule has 2 aliphatic rings. The van der Waals surface area contributed by atoms with E-state index < -0.39 is 12.0 Å². The highest BCUT2D eigenvalue weighted by Gasteiger charge is 2.29. The molecule has 0 bridgehead atoms. The fourth-order valence-corrected chi connectivity index (χ4v) is 3.59. The summed E-state index contributed by atoms with van der Waals surface area (Å²) in [4.78, 5) is 36.3. The van der Waals surface area contributed by atoms with E-state index in [4.69, 9.17) is 9.47 Å². The van der Waals surface area contributed by atoms with Crippen LogP contribution in [0.3, 0.4) is 0 Å². The lowest BCUT2D eigenvalue weighted by molar-refractivity contribution is -0.155. The van der Waals surface area contributed by atoms with Crippen molar-refractivity contribution >= 4 is 17.8 Å². The van der Waals surface area contributed by atoms with Gasteiger partial charge in [0, 0.05) is 5.92 Å². The summed E-state index contributed by atoms with van der Waals surface area (Å²) in [6, 6.07) is -0.919. The summed E-state index contributed by atoms with van der Waals surface area (Å²) >= 11 is 0. The molecule has 2 fully saturated rings. The molecule has 6 heteroatoms. The molecule has 0 aliphatic heterocycles. The van der Waals surface area contributed by atoms with Gasteiger partial charge in [0.15, 0.2) is 6.04 Å². The molecular formula is C18H29NO5. The zero-order valence-electron chi connectivity index (χ0n) is 14.6. The minimum atomic E-state index is -0.919. The highest BCUT2D eigenvalue weighted by atomic mass is 16.5. The molecule has 1 amide bonds. The molecule has 1 unspecified atom stereocenters. The average molecular weight is 339 g/mol. The van der Waals surface area contributed by atoms with Crippen molar-refractivity contribution in [2.24, 2.45) is 11.8 Å². The monoisotopic (exact) mass is 339 g/mol. The molecule has 0 aromatic rings. The number of hydrogen-bond donors (Lipinski definition) is 1. The van der Waals surface area contributed by atoms with E-state index >= 15 is 0 Å². The number of nitrogens with one attached hydrogen (secondary N) is 1. The van der Waals surface area contributed by atoms with Gasteiger partial charge in [-0.25, -0.2) is 4.79 Å². The summed E-state index contributed by atoms with van der Waals surface area (Å²) in [5, 5.41) is 2.71. The van der Waals surface area contributed by atoms with E-state index in [0.717, 1.165) is 64.2 Å². The molecule has 0 aromatic carbocycles. The predicted molar refractivity (Wildman–Crippen MR) is 88.1 cm³/mol. The second kappa shape index (κ2) is 9.64. The van der Waals surface area contributed by atoms with Crippen molar-refractivity contribution in [3.05, 3.63) is 0 Å². The quantitative estimate of drug-likeness (QED) is 0.751. The Morgan fingerprint density at radius 2 is 1.46 bits per heavy atom. The predicted octanol–water partition coefficient (Wildman–Crippen LogP) is 2.35. The zero-order chi connectivity index (χ0) is 17.4. The highest BCUT2D eigenvalue weighted by molar-refractivity contribution is 5.86. The van der Waals surface area contributed by atoms with E-state index in [1.165, 1.54) is 7.11 Å². The number of esters is 2. The largest absolute Gasteiger partial charge is 0.467 e. The van der Waals surface area contributed by atoms with Crippen LogP contribution in [0.5, 0.6) is 0 Å². The van der Waals surface area contributed by atoms with Crippen molar-refractivity contribution in [1.29, 1.82) is 0 Å². The van der Waals surface area contributed by atoms with Crippen LogP contribution in [-0.4, -0.2) is 37.6 Å². The Morgan fingerprint density at radius 1 is 0.917 bits per heavy atom. The lowest BCUT2D eigenvalue weighted by atomic mass is 9.88. The van der Waals surface area contributed by atoms with Gasteiger partial charge in [-0.3, -0.25) is 9.59 Å². The first-order valence-electron chi connectivity index (χ1n) is 9.16. The Bertz CT molecular complexity index is 439. The third-order valence-electron chi connectivity index (χ3n) is 5.11. The molecule has 6 nitrogen and oxygen atoms in total. The first-order chi connectivity index (χ1) is 11.6. The van der Waals surface area contributed by atoms with Gasteiger partial charge < -0.3 is 14.8 Å². The summed E-state index contributed by atoms with van der Waals surface area (Å²) in [7, 11) is 1.27. The summed E-state index contributed by atoms with van der Waals surface area (Å²) < 4.78 is 10.0. The zero-order valence-corrected chi connectivity index (χ0v) is 14.6. The molecular weight excluding hydrogens is 310 g/mol. The van der Waals surface area contributed by atoms with Crippen molar-refractivity contribution in [2.75, 3.05) is 13.7 Å². The van der Waals surface area contributed by atoms with Crippen molar-refractivity contribution in [1.82, 2.24) is 5.32 Å². The fraction of sp³-hybridized carbons (Fsp3) is 0.833. The number of rotatable bonds is 6. The minimum absolute atomic E-state index is 0.0556. The van der Waals surface area contributed by atoms with Gasteiger partial charge in [-0.15, -0.1) is 0 Å². The number of hydrogen-bond acceptors (Lipinski definition) is 5. The van der Waals surface area contributed by atoms with E-state index in [2.05, 4.69) is 5.32 Å². The van der Waals surface area contributed by atoms with E-state index in [9.17, 15) is 14.4 Å². The van der Waals surface area contributed by atoms with E-state index in [1.807, 2.05) is 0 Å². The summed E-state index contributed by atoms with van der Waals surface area (Å²) in [6.45, 7) is -0.152. The van der Waals surface area contributed by atoms with Crippen LogP contribution in [0.1, 0.15) is 64.2 Å². The minimum Gasteiger partial charge on any atom is -0.467 e. The number of methoxy groups -OCH3 is 1. The van der Waals surface area contributed by atoms with Gasteiger partial charge in [0.2, 0.25) is 5.91 Å². The van der Waals surface area contributed by atoms with Crippen LogP contribution in [0.15, 0.2) is 0 Å². The number of carbonyl (C=O) groups excluding carboxylic acids is 3. The van der Waals surface area contributed by atoms with Crippen LogP contribution in [0, 0.1) is 11.8 Å². The lowest BCUT2D eigenvalue weighted by Gasteiger charge is -2.25. The van der Waals surface area contributed by atoms with Crippen LogP contribution in [-0.2, 0) is 23.9 Å². The Kier molecular flexibility index (Phi) is 7.53. The summed E-state index contributed by atoms with van der Waals surface area (Å²) in [5.41, 5.74) is 0.